The topological polar surface area (TPSA) is 44.8 Å². The molecule has 0 bridgehead atoms. The zero-order valence-electron chi connectivity index (χ0n) is 23.1. The Labute approximate surface area is 218 Å². The van der Waals surface area contributed by atoms with Gasteiger partial charge in [-0.05, 0) is 0 Å². The minimum absolute atomic E-state index is 0.00585. The zero-order chi connectivity index (χ0) is 26.1. The predicted octanol–water partition coefficient (Wildman–Crippen LogP) is 6.88. The summed E-state index contributed by atoms with van der Waals surface area (Å²) in [5, 5.41) is 0.189. The van der Waals surface area contributed by atoms with Crippen LogP contribution in [0.5, 0.6) is 0 Å². The number of rotatable bonds is 7. The van der Waals surface area contributed by atoms with Gasteiger partial charge < -0.3 is 0 Å². The van der Waals surface area contributed by atoms with Crippen molar-refractivity contribution in [3.05, 3.63) is 41.5 Å². The molecule has 3 atom stereocenters. The van der Waals surface area contributed by atoms with Crippen LogP contribution in [0.15, 0.2) is 35.9 Å². The van der Waals surface area contributed by atoms with E-state index in [9.17, 15) is 4.79 Å². The Morgan fingerprint density at radius 2 is 1.44 bits per heavy atom. The Morgan fingerprint density at radius 1 is 0.941 bits per heavy atom. The third kappa shape index (κ3) is 6.95. The molecule has 0 amide bonds. The van der Waals surface area contributed by atoms with Crippen molar-refractivity contribution in [1.82, 2.24) is 0 Å². The molecule has 2 rings (SSSR count). The maximum absolute atomic E-state index is 11.8. The minimum atomic E-state index is -2.08. The summed E-state index contributed by atoms with van der Waals surface area (Å²) in [5.41, 5.74) is 3.39. The van der Waals surface area contributed by atoms with Gasteiger partial charge in [0.1, 0.15) is 0 Å². The van der Waals surface area contributed by atoms with Crippen molar-refractivity contribution < 1.29 is 18.4 Å². The van der Waals surface area contributed by atoms with E-state index in [2.05, 4.69) is 108 Å². The second-order valence-corrected chi connectivity index (χ2v) is 23.2. The van der Waals surface area contributed by atoms with Crippen molar-refractivity contribution in [3.8, 4) is 0 Å². The molecule has 0 aromatic heterocycles. The van der Waals surface area contributed by atoms with Gasteiger partial charge in [0.15, 0.2) is 0 Å². The molecule has 0 fully saturated rings. The van der Waals surface area contributed by atoms with Gasteiger partial charge >= 0.3 is 219 Å². The summed E-state index contributed by atoms with van der Waals surface area (Å²) in [6, 6.07) is 10.4. The van der Waals surface area contributed by atoms with Gasteiger partial charge in [-0.1, -0.05) is 0 Å². The molecule has 34 heavy (non-hydrogen) atoms. The Bertz CT molecular complexity index is 882. The summed E-state index contributed by atoms with van der Waals surface area (Å²) in [7, 11) is -4.10. The Kier molecular flexibility index (Phi) is 9.32. The zero-order valence-corrected chi connectivity index (χ0v) is 27.0. The summed E-state index contributed by atoms with van der Waals surface area (Å²) >= 11 is 2.81. The van der Waals surface area contributed by atoms with E-state index in [1.165, 1.54) is 6.92 Å². The van der Waals surface area contributed by atoms with Crippen LogP contribution < -0.4 is 0 Å². The molecule has 1 aromatic carbocycles. The van der Waals surface area contributed by atoms with Crippen molar-refractivity contribution in [2.75, 3.05) is 6.61 Å². The van der Waals surface area contributed by atoms with Crippen molar-refractivity contribution in [2.45, 2.75) is 108 Å². The van der Waals surface area contributed by atoms with Crippen molar-refractivity contribution in [2.24, 2.45) is 0 Å². The Morgan fingerprint density at radius 3 is 1.91 bits per heavy atom. The number of carbonyl (C=O) groups excluding carboxylic acids is 1. The molecule has 4 nitrogen and oxygen atoms in total. The van der Waals surface area contributed by atoms with E-state index >= 15 is 0 Å². The van der Waals surface area contributed by atoms with Crippen LogP contribution >= 0.6 is 0 Å². The van der Waals surface area contributed by atoms with E-state index in [-0.39, 0.29) is 39.7 Å². The molecule has 0 radical (unpaired) electrons. The van der Waals surface area contributed by atoms with Crippen molar-refractivity contribution in [3.63, 3.8) is 0 Å². The molecule has 0 saturated carbocycles. The number of hydrogen-bond donors (Lipinski definition) is 0. The fourth-order valence-corrected chi connectivity index (χ4v) is 7.39. The van der Waals surface area contributed by atoms with Crippen molar-refractivity contribution >= 4 is 44.2 Å². The second kappa shape index (κ2) is 10.7. The van der Waals surface area contributed by atoms with Crippen LogP contribution in [0.1, 0.15) is 60.5 Å². The van der Waals surface area contributed by atoms with E-state index in [1.807, 2.05) is 6.07 Å². The number of benzene rings is 1. The van der Waals surface area contributed by atoms with Gasteiger partial charge in [0.25, 0.3) is 0 Å². The van der Waals surface area contributed by atoms with Gasteiger partial charge in [0, 0.05) is 0 Å². The molecular formula is C27H46O4SeSi2. The van der Waals surface area contributed by atoms with Gasteiger partial charge in [0.2, 0.25) is 0 Å². The first-order valence-electron chi connectivity index (χ1n) is 12.3. The molecule has 0 aliphatic heterocycles. The van der Waals surface area contributed by atoms with E-state index in [0.29, 0.717) is 0 Å². The van der Waals surface area contributed by atoms with Crippen LogP contribution in [0.25, 0.3) is 5.57 Å². The van der Waals surface area contributed by atoms with Crippen LogP contribution in [-0.4, -0.2) is 57.4 Å². The summed E-state index contributed by atoms with van der Waals surface area (Å²) in [5.74, 6) is -0.270. The normalized spacial score (nSPS) is 22.6. The predicted molar refractivity (Wildman–Crippen MR) is 150 cm³/mol. The van der Waals surface area contributed by atoms with E-state index in [4.69, 9.17) is 13.6 Å². The molecule has 0 heterocycles. The monoisotopic (exact) mass is 570 g/mol. The van der Waals surface area contributed by atoms with E-state index < -0.39 is 16.6 Å². The quantitative estimate of drug-likeness (QED) is 0.265. The molecule has 1 unspecified atom stereocenters. The fourth-order valence-electron chi connectivity index (χ4n) is 3.69. The standard InChI is InChI=1S/C27H46O4SeSi2/c1-19(28)29-18-21-24(20-15-13-12-14-16-20)22(30-33(8,9)26(2,3)4)17-23(25(21)32)31-34(10,11)27(5,6)7/h12-16,22-23,25,32H,17-18H2,1-11H3/t22-,23+,25?/m0/s1. The summed E-state index contributed by atoms with van der Waals surface area (Å²) in [4.78, 5) is 11.9. The molecule has 0 N–H and O–H groups in total. The number of carbonyl (C=O) groups is 1. The first-order valence-corrected chi connectivity index (χ1v) is 19.2. The third-order valence-corrected chi connectivity index (χ3v) is 18.2. The SMILES string of the molecule is CC(=O)OCC1=C(c2ccccc2)[C@@H](O[Si](C)(C)C(C)(C)C)C[C@@H](O[Si](C)(C)C(C)(C)C)C1[SeH]. The molecule has 1 aromatic rings. The molecule has 1 aliphatic carbocycles. The molecule has 0 spiro atoms. The number of ether oxygens (including phenoxy) is 1. The molecule has 0 saturated heterocycles. The Balaban J connectivity index is 2.65. The first-order chi connectivity index (χ1) is 15.4. The average Bonchev–Trinajstić information content (AvgIpc) is 2.67. The molecular weight excluding hydrogens is 523 g/mol. The molecule has 192 valence electrons. The summed E-state index contributed by atoms with van der Waals surface area (Å²) in [6.07, 6.45) is 0.685. The van der Waals surface area contributed by atoms with Crippen LogP contribution in [0.3, 0.4) is 0 Å². The fraction of sp³-hybridized carbons (Fsp3) is 0.667. The Hall–Kier alpha value is -0.697. The molecule has 7 heteroatoms. The molecule has 1 aliphatic rings. The number of hydrogen-bond acceptors (Lipinski definition) is 4. The third-order valence-electron chi connectivity index (χ3n) is 7.83. The first kappa shape index (κ1) is 29.5. The van der Waals surface area contributed by atoms with E-state index in [0.717, 1.165) is 23.1 Å². The van der Waals surface area contributed by atoms with Crippen LogP contribution in [0.4, 0.5) is 0 Å². The van der Waals surface area contributed by atoms with Gasteiger partial charge in [-0.25, -0.2) is 0 Å². The summed E-state index contributed by atoms with van der Waals surface area (Å²) < 4.78 is 19.7. The van der Waals surface area contributed by atoms with Crippen molar-refractivity contribution in [1.29, 1.82) is 0 Å². The van der Waals surface area contributed by atoms with Crippen LogP contribution in [0.2, 0.25) is 41.1 Å². The number of esters is 1. The average molecular weight is 570 g/mol. The van der Waals surface area contributed by atoms with Gasteiger partial charge in [-0.2, -0.15) is 0 Å². The van der Waals surface area contributed by atoms with Gasteiger partial charge in [0.05, 0.1) is 0 Å². The van der Waals surface area contributed by atoms with Crippen LogP contribution in [-0.2, 0) is 18.4 Å². The maximum atomic E-state index is 11.8. The summed E-state index contributed by atoms with van der Waals surface area (Å²) in [6.45, 7) is 24.6. The van der Waals surface area contributed by atoms with E-state index in [1.54, 1.807) is 0 Å². The second-order valence-electron chi connectivity index (χ2n) is 12.5. The van der Waals surface area contributed by atoms with Gasteiger partial charge in [-0.3, -0.25) is 0 Å². The van der Waals surface area contributed by atoms with Gasteiger partial charge in [-0.15, -0.1) is 0 Å². The van der Waals surface area contributed by atoms with Crippen LogP contribution in [0, 0.1) is 0 Å².